The van der Waals surface area contributed by atoms with Crippen LogP contribution in [0.5, 0.6) is 0 Å². The zero-order chi connectivity index (χ0) is 19.2. The summed E-state index contributed by atoms with van der Waals surface area (Å²) < 4.78 is 30.4. The van der Waals surface area contributed by atoms with Gasteiger partial charge >= 0.3 is 0 Å². The van der Waals surface area contributed by atoms with Gasteiger partial charge in [0.2, 0.25) is 15.9 Å². The Morgan fingerprint density at radius 1 is 1.20 bits per heavy atom. The van der Waals surface area contributed by atoms with Crippen molar-refractivity contribution in [1.29, 1.82) is 0 Å². The minimum atomic E-state index is -3.75. The lowest BCUT2D eigenvalue weighted by atomic mass is 10.3. The standard InChI is InChI=1S/C15H21Cl3N2O4S/c1-10(2)24-6-4-5-19-15(21)9-20(25(3,22)23)14-8-12(17)11(16)7-13(14)18/h7-8,10H,4-6,9H2,1-3H3,(H,19,21). The van der Waals surface area contributed by atoms with Crippen LogP contribution in [0.2, 0.25) is 15.1 Å². The summed E-state index contributed by atoms with van der Waals surface area (Å²) in [5.74, 6) is -0.461. The van der Waals surface area contributed by atoms with Gasteiger partial charge in [-0.15, -0.1) is 0 Å². The molecule has 0 fully saturated rings. The number of hydrogen-bond donors (Lipinski definition) is 1. The van der Waals surface area contributed by atoms with Crippen molar-refractivity contribution in [3.05, 3.63) is 27.2 Å². The van der Waals surface area contributed by atoms with Gasteiger partial charge in [-0.3, -0.25) is 9.10 Å². The third-order valence-electron chi connectivity index (χ3n) is 3.04. The number of carbonyl (C=O) groups is 1. The maximum absolute atomic E-state index is 12.1. The van der Waals surface area contributed by atoms with Crippen LogP contribution in [0.4, 0.5) is 5.69 Å². The first-order chi connectivity index (χ1) is 11.5. The van der Waals surface area contributed by atoms with Gasteiger partial charge in [-0.2, -0.15) is 0 Å². The highest BCUT2D eigenvalue weighted by molar-refractivity contribution is 7.92. The summed E-state index contributed by atoms with van der Waals surface area (Å²) in [6.07, 6.45) is 1.72. The number of anilines is 1. The molecule has 0 atom stereocenters. The van der Waals surface area contributed by atoms with Crippen molar-refractivity contribution in [2.45, 2.75) is 26.4 Å². The van der Waals surface area contributed by atoms with Crippen LogP contribution in [0.1, 0.15) is 20.3 Å². The van der Waals surface area contributed by atoms with Crippen molar-refractivity contribution in [3.63, 3.8) is 0 Å². The fraction of sp³-hybridized carbons (Fsp3) is 0.533. The summed E-state index contributed by atoms with van der Waals surface area (Å²) in [7, 11) is -3.75. The van der Waals surface area contributed by atoms with Gasteiger partial charge < -0.3 is 10.1 Å². The molecule has 142 valence electrons. The monoisotopic (exact) mass is 430 g/mol. The van der Waals surface area contributed by atoms with E-state index in [9.17, 15) is 13.2 Å². The highest BCUT2D eigenvalue weighted by Gasteiger charge is 2.24. The smallest absolute Gasteiger partial charge is 0.240 e. The number of carbonyl (C=O) groups excluding carboxylic acids is 1. The van der Waals surface area contributed by atoms with Crippen molar-refractivity contribution in [2.75, 3.05) is 30.3 Å². The third-order valence-corrected chi connectivity index (χ3v) is 5.19. The molecule has 0 aliphatic heterocycles. The van der Waals surface area contributed by atoms with Crippen molar-refractivity contribution < 1.29 is 17.9 Å². The summed E-state index contributed by atoms with van der Waals surface area (Å²) in [5.41, 5.74) is 0.0943. The van der Waals surface area contributed by atoms with Gasteiger partial charge in [0.25, 0.3) is 0 Å². The molecule has 0 unspecified atom stereocenters. The molecular weight excluding hydrogens is 411 g/mol. The van der Waals surface area contributed by atoms with E-state index in [4.69, 9.17) is 39.5 Å². The third kappa shape index (κ3) is 7.58. The number of halogens is 3. The maximum atomic E-state index is 12.1. The number of ether oxygens (including phenoxy) is 1. The van der Waals surface area contributed by atoms with E-state index in [0.717, 1.165) is 10.6 Å². The SMILES string of the molecule is CC(C)OCCCNC(=O)CN(c1cc(Cl)c(Cl)cc1Cl)S(C)(=O)=O. The molecule has 1 rings (SSSR count). The van der Waals surface area contributed by atoms with E-state index in [0.29, 0.717) is 19.6 Å². The quantitative estimate of drug-likeness (QED) is 0.480. The molecule has 0 heterocycles. The van der Waals surface area contributed by atoms with Crippen LogP contribution in [0.25, 0.3) is 0 Å². The average molecular weight is 432 g/mol. The Morgan fingerprint density at radius 3 is 2.36 bits per heavy atom. The van der Waals surface area contributed by atoms with Crippen molar-refractivity contribution in [3.8, 4) is 0 Å². The summed E-state index contributed by atoms with van der Waals surface area (Å²) >= 11 is 17.9. The van der Waals surface area contributed by atoms with Gasteiger partial charge in [-0.25, -0.2) is 8.42 Å². The van der Waals surface area contributed by atoms with E-state index < -0.39 is 22.5 Å². The topological polar surface area (TPSA) is 75.7 Å². The molecule has 0 aliphatic carbocycles. The Bertz CT molecular complexity index is 711. The molecule has 10 heteroatoms. The van der Waals surface area contributed by atoms with Crippen LogP contribution in [-0.2, 0) is 19.6 Å². The first-order valence-electron chi connectivity index (χ1n) is 7.53. The molecule has 0 saturated heterocycles. The Hall–Kier alpha value is -0.730. The summed E-state index contributed by atoms with van der Waals surface area (Å²) in [4.78, 5) is 12.1. The van der Waals surface area contributed by atoms with Crippen LogP contribution in [-0.4, -0.2) is 46.4 Å². The molecule has 6 nitrogen and oxygen atoms in total. The fourth-order valence-corrected chi connectivity index (χ4v) is 3.44. The second kappa shape index (κ2) is 9.83. The van der Waals surface area contributed by atoms with Crippen LogP contribution >= 0.6 is 34.8 Å². The van der Waals surface area contributed by atoms with Gasteiger partial charge in [0.1, 0.15) is 6.54 Å². The van der Waals surface area contributed by atoms with Gasteiger partial charge in [0, 0.05) is 13.2 Å². The zero-order valence-corrected chi connectivity index (χ0v) is 17.3. The molecule has 0 spiro atoms. The van der Waals surface area contributed by atoms with E-state index in [2.05, 4.69) is 5.32 Å². The van der Waals surface area contributed by atoms with Crippen LogP contribution < -0.4 is 9.62 Å². The first kappa shape index (κ1) is 22.3. The second-order valence-corrected chi connectivity index (χ2v) is 8.74. The van der Waals surface area contributed by atoms with Gasteiger partial charge in [0.15, 0.2) is 0 Å². The molecule has 1 aromatic carbocycles. The molecule has 1 aromatic rings. The minimum Gasteiger partial charge on any atom is -0.379 e. The molecule has 0 saturated carbocycles. The van der Waals surface area contributed by atoms with Gasteiger partial charge in [0.05, 0.1) is 33.1 Å². The van der Waals surface area contributed by atoms with Crippen LogP contribution in [0.3, 0.4) is 0 Å². The Balaban J connectivity index is 2.79. The van der Waals surface area contributed by atoms with E-state index >= 15 is 0 Å². The Kier molecular flexibility index (Phi) is 8.77. The minimum absolute atomic E-state index is 0.0814. The number of sulfonamides is 1. The van der Waals surface area contributed by atoms with E-state index in [1.54, 1.807) is 0 Å². The zero-order valence-electron chi connectivity index (χ0n) is 14.2. The van der Waals surface area contributed by atoms with E-state index in [1.807, 2.05) is 13.8 Å². The van der Waals surface area contributed by atoms with E-state index in [1.165, 1.54) is 12.1 Å². The molecule has 0 radical (unpaired) electrons. The number of benzene rings is 1. The molecule has 1 N–H and O–H groups in total. The predicted molar refractivity (Wildman–Crippen MR) is 102 cm³/mol. The van der Waals surface area contributed by atoms with Crippen LogP contribution in [0, 0.1) is 0 Å². The van der Waals surface area contributed by atoms with E-state index in [-0.39, 0.29) is 26.9 Å². The average Bonchev–Trinajstić information content (AvgIpc) is 2.47. The van der Waals surface area contributed by atoms with Crippen molar-refractivity contribution in [2.24, 2.45) is 0 Å². The number of nitrogens with zero attached hydrogens (tertiary/aromatic N) is 1. The molecule has 1 amide bonds. The highest BCUT2D eigenvalue weighted by atomic mass is 35.5. The molecule has 0 bridgehead atoms. The highest BCUT2D eigenvalue weighted by Crippen LogP contribution is 2.35. The number of hydrogen-bond acceptors (Lipinski definition) is 4. The van der Waals surface area contributed by atoms with Crippen molar-refractivity contribution >= 4 is 56.4 Å². The maximum Gasteiger partial charge on any atom is 0.240 e. The summed E-state index contributed by atoms with van der Waals surface area (Å²) in [6.45, 7) is 4.30. The lowest BCUT2D eigenvalue weighted by molar-refractivity contribution is -0.119. The Labute approximate surface area is 163 Å². The summed E-state index contributed by atoms with van der Waals surface area (Å²) in [5, 5.41) is 3.06. The molecular formula is C15H21Cl3N2O4S. The van der Waals surface area contributed by atoms with Crippen LogP contribution in [0.15, 0.2) is 12.1 Å². The molecule has 25 heavy (non-hydrogen) atoms. The Morgan fingerprint density at radius 2 is 1.80 bits per heavy atom. The normalized spacial score (nSPS) is 11.6. The fourth-order valence-electron chi connectivity index (χ4n) is 1.89. The predicted octanol–water partition coefficient (Wildman–Crippen LogP) is 3.34. The summed E-state index contributed by atoms with van der Waals surface area (Å²) in [6, 6.07) is 2.65. The number of nitrogens with one attached hydrogen (secondary N) is 1. The molecule has 0 aromatic heterocycles. The van der Waals surface area contributed by atoms with Crippen molar-refractivity contribution in [1.82, 2.24) is 5.32 Å². The van der Waals surface area contributed by atoms with Gasteiger partial charge in [-0.1, -0.05) is 34.8 Å². The molecule has 0 aliphatic rings. The largest absolute Gasteiger partial charge is 0.379 e. The second-order valence-electron chi connectivity index (χ2n) is 5.61. The van der Waals surface area contributed by atoms with Gasteiger partial charge in [-0.05, 0) is 32.4 Å². The number of amides is 1. The number of rotatable bonds is 9. The lowest BCUT2D eigenvalue weighted by Crippen LogP contribution is -2.41. The first-order valence-corrected chi connectivity index (χ1v) is 10.5. The lowest BCUT2D eigenvalue weighted by Gasteiger charge is -2.23.